The molecule has 50 heavy (non-hydrogen) atoms. The van der Waals surface area contributed by atoms with Crippen molar-refractivity contribution in [1.29, 1.82) is 0 Å². The van der Waals surface area contributed by atoms with Gasteiger partial charge in [0.2, 0.25) is 0 Å². The third-order valence-corrected chi connectivity index (χ3v) is 9.16. The van der Waals surface area contributed by atoms with Gasteiger partial charge in [-0.3, -0.25) is 4.79 Å². The van der Waals surface area contributed by atoms with E-state index in [1.165, 1.54) is 6.07 Å². The van der Waals surface area contributed by atoms with Crippen molar-refractivity contribution in [3.8, 4) is 11.1 Å². The number of alkyl halides is 3. The second-order valence-electron chi connectivity index (χ2n) is 12.9. The number of carbonyl (C=O) groups is 1. The van der Waals surface area contributed by atoms with Gasteiger partial charge in [0.25, 0.3) is 5.91 Å². The van der Waals surface area contributed by atoms with Gasteiger partial charge in [0.05, 0.1) is 5.41 Å². The topological polar surface area (TPSA) is 41.1 Å². The molecule has 0 fully saturated rings. The van der Waals surface area contributed by atoms with E-state index in [-0.39, 0.29) is 23.5 Å². The molecule has 1 aliphatic carbocycles. The smallest absolute Gasteiger partial charge is 0.349 e. The number of fused-ring (bicyclic) bond motifs is 3. The lowest BCUT2D eigenvalue weighted by Crippen LogP contribution is -2.41. The number of benzene rings is 3. The highest BCUT2D eigenvalue weighted by Gasteiger charge is 2.47. The Labute approximate surface area is 296 Å². The van der Waals surface area contributed by atoms with Gasteiger partial charge in [0.15, 0.2) is 0 Å². The molecule has 3 nitrogen and oxygen atoms in total. The lowest BCUT2D eigenvalue weighted by molar-refractivity contribution is -0.151. The van der Waals surface area contributed by atoms with Crippen molar-refractivity contribution in [2.45, 2.75) is 104 Å². The van der Waals surface area contributed by atoms with Crippen molar-refractivity contribution in [3.05, 3.63) is 137 Å². The Morgan fingerprint density at radius 1 is 0.880 bits per heavy atom. The largest absolute Gasteiger partial charge is 0.482 e. The predicted molar refractivity (Wildman–Crippen MR) is 200 cm³/mol. The van der Waals surface area contributed by atoms with Crippen LogP contribution < -0.4 is 10.6 Å². The Hall–Kier alpha value is -4.39. The fourth-order valence-electron chi connectivity index (χ4n) is 6.74. The van der Waals surface area contributed by atoms with E-state index in [1.54, 1.807) is 24.4 Å². The van der Waals surface area contributed by atoms with Crippen LogP contribution in [0.3, 0.4) is 0 Å². The molecule has 1 aliphatic rings. The molecule has 1 amide bonds. The molecular formula is C43H52F4N2O. The summed E-state index contributed by atoms with van der Waals surface area (Å²) in [5.74, 6) is -0.417. The van der Waals surface area contributed by atoms with E-state index in [4.69, 9.17) is 0 Å². The molecule has 7 heteroatoms. The number of nitrogens with one attached hydrogen (secondary N) is 2. The highest BCUT2D eigenvalue weighted by atomic mass is 19.4. The summed E-state index contributed by atoms with van der Waals surface area (Å²) in [7, 11) is 0. The van der Waals surface area contributed by atoms with Gasteiger partial charge in [0, 0.05) is 17.3 Å². The Kier molecular flexibility index (Phi) is 14.9. The first-order valence-electron chi connectivity index (χ1n) is 17.7. The van der Waals surface area contributed by atoms with Gasteiger partial charge in [-0.05, 0) is 84.2 Å². The average molecular weight is 689 g/mol. The van der Waals surface area contributed by atoms with Gasteiger partial charge in [-0.1, -0.05) is 139 Å². The zero-order valence-corrected chi connectivity index (χ0v) is 30.2. The van der Waals surface area contributed by atoms with E-state index < -0.39 is 11.7 Å². The van der Waals surface area contributed by atoms with Crippen molar-refractivity contribution < 1.29 is 22.4 Å². The van der Waals surface area contributed by atoms with Crippen LogP contribution in [0.1, 0.15) is 101 Å². The molecule has 2 N–H and O–H groups in total. The molecule has 3 aromatic rings. The highest BCUT2D eigenvalue weighted by Crippen LogP contribution is 2.54. The van der Waals surface area contributed by atoms with Crippen LogP contribution in [-0.2, 0) is 10.2 Å². The van der Waals surface area contributed by atoms with E-state index >= 15 is 0 Å². The molecule has 4 rings (SSSR count). The van der Waals surface area contributed by atoms with E-state index in [0.717, 1.165) is 72.8 Å². The Bertz CT molecular complexity index is 1630. The van der Waals surface area contributed by atoms with Crippen molar-refractivity contribution in [1.82, 2.24) is 10.6 Å². The number of halogens is 4. The van der Waals surface area contributed by atoms with Crippen LogP contribution in [0.4, 0.5) is 17.6 Å². The normalized spacial score (nSPS) is 13.4. The number of hydrogen-bond acceptors (Lipinski definition) is 2. The minimum Gasteiger partial charge on any atom is -0.349 e. The summed E-state index contributed by atoms with van der Waals surface area (Å²) in [5, 5.41) is 4.81. The average Bonchev–Trinajstić information content (AvgIpc) is 3.37. The van der Waals surface area contributed by atoms with Crippen LogP contribution in [0.5, 0.6) is 0 Å². The molecule has 0 atom stereocenters. The van der Waals surface area contributed by atoms with Gasteiger partial charge in [0.1, 0.15) is 5.82 Å². The number of allylic oxidation sites excluding steroid dienone is 4. The quantitative estimate of drug-likeness (QED) is 0.0549. The highest BCUT2D eigenvalue weighted by molar-refractivity contribution is 6.08. The number of hydrogen-bond donors (Lipinski definition) is 2. The van der Waals surface area contributed by atoms with Crippen LogP contribution in [0, 0.1) is 12.7 Å². The zero-order valence-electron chi connectivity index (χ0n) is 30.2. The lowest BCUT2D eigenvalue weighted by Gasteiger charge is -2.35. The van der Waals surface area contributed by atoms with Crippen molar-refractivity contribution in [2.24, 2.45) is 0 Å². The molecule has 0 saturated heterocycles. The summed E-state index contributed by atoms with van der Waals surface area (Å²) in [4.78, 5) is 12.7. The molecule has 0 bridgehead atoms. The molecule has 0 spiro atoms. The lowest BCUT2D eigenvalue weighted by atomic mass is 9.72. The maximum absolute atomic E-state index is 13.6. The van der Waals surface area contributed by atoms with Crippen LogP contribution in [0.15, 0.2) is 109 Å². The molecule has 0 aliphatic heterocycles. The molecule has 268 valence electrons. The standard InChI is InChI=1S/C22H30FNO.C21H22F3N/c1-6-9-12-20(18-13-14-21(23)16(4)15-18)17(5)22(25)24-19(10-7-2)11-8-3;1-3-4-9-14-20(15(2)25-21(22,23)24)18-12-7-5-10-16(18)17-11-6-8-13-19(17)20/h6,9,12-15,19H,5,7-8,10-11H2,1-4H3,(H,24,25);5-8,10-13,25H,2-4,9,14H2,1H3/b9-6-,20-12+;. The Balaban J connectivity index is 0.000000270. The minimum atomic E-state index is -4.50. The third-order valence-electron chi connectivity index (χ3n) is 9.16. The number of amides is 1. The molecule has 0 saturated carbocycles. The van der Waals surface area contributed by atoms with Gasteiger partial charge in [-0.2, -0.15) is 13.2 Å². The fraction of sp³-hybridized carbons (Fsp3) is 0.372. The predicted octanol–water partition coefficient (Wildman–Crippen LogP) is 11.9. The third kappa shape index (κ3) is 9.86. The molecule has 3 aromatic carbocycles. The molecule has 0 unspecified atom stereocenters. The Morgan fingerprint density at radius 3 is 1.96 bits per heavy atom. The zero-order chi connectivity index (χ0) is 36.9. The summed E-state index contributed by atoms with van der Waals surface area (Å²) in [6, 6.07) is 20.5. The number of rotatable bonds is 15. The summed E-state index contributed by atoms with van der Waals surface area (Å²) >= 11 is 0. The van der Waals surface area contributed by atoms with Crippen molar-refractivity contribution >= 4 is 11.5 Å². The van der Waals surface area contributed by atoms with Crippen LogP contribution in [0.2, 0.25) is 0 Å². The molecule has 0 aromatic heterocycles. The maximum atomic E-state index is 13.6. The molecule has 0 heterocycles. The first kappa shape index (κ1) is 40.0. The second-order valence-corrected chi connectivity index (χ2v) is 12.9. The SMILES string of the molecule is C=C(C(=O)NC(CCC)CCC)/C(=C\C=C/C)c1ccc(F)c(C)c1.C=C(NC(F)(F)F)C1(CCCCC)c2ccccc2-c2ccccc21. The fourth-order valence-corrected chi connectivity index (χ4v) is 6.74. The summed E-state index contributed by atoms with van der Waals surface area (Å²) in [5.41, 5.74) is 5.44. The van der Waals surface area contributed by atoms with Crippen molar-refractivity contribution in [2.75, 3.05) is 0 Å². The van der Waals surface area contributed by atoms with E-state index in [2.05, 4.69) is 39.2 Å². The number of unbranched alkanes of at least 4 members (excludes halogenated alkanes) is 2. The summed E-state index contributed by atoms with van der Waals surface area (Å²) < 4.78 is 52.9. The number of carbonyl (C=O) groups excluding carboxylic acids is 1. The summed E-state index contributed by atoms with van der Waals surface area (Å²) in [6.07, 6.45) is 8.50. The van der Waals surface area contributed by atoms with Crippen molar-refractivity contribution in [3.63, 3.8) is 0 Å². The molecular weight excluding hydrogens is 636 g/mol. The van der Waals surface area contributed by atoms with Crippen LogP contribution in [-0.4, -0.2) is 18.2 Å². The maximum Gasteiger partial charge on any atom is 0.482 e. The Morgan fingerprint density at radius 2 is 1.46 bits per heavy atom. The summed E-state index contributed by atoms with van der Waals surface area (Å²) in [6.45, 7) is 17.8. The minimum absolute atomic E-state index is 0.00787. The van der Waals surface area contributed by atoms with Gasteiger partial charge in [-0.15, -0.1) is 0 Å². The second kappa shape index (κ2) is 18.6. The van der Waals surface area contributed by atoms with Crippen LogP contribution >= 0.6 is 0 Å². The molecule has 0 radical (unpaired) electrons. The first-order valence-corrected chi connectivity index (χ1v) is 17.7. The van der Waals surface area contributed by atoms with E-state index in [1.807, 2.05) is 73.7 Å². The van der Waals surface area contributed by atoms with E-state index in [9.17, 15) is 22.4 Å². The monoisotopic (exact) mass is 688 g/mol. The number of aryl methyl sites for hydroxylation is 1. The van der Waals surface area contributed by atoms with Gasteiger partial charge >= 0.3 is 6.30 Å². The van der Waals surface area contributed by atoms with E-state index in [0.29, 0.717) is 23.1 Å². The van der Waals surface area contributed by atoms with Gasteiger partial charge < -0.3 is 10.6 Å². The van der Waals surface area contributed by atoms with Gasteiger partial charge in [-0.25, -0.2) is 4.39 Å². The first-order chi connectivity index (χ1) is 23.8. The van der Waals surface area contributed by atoms with Crippen LogP contribution in [0.25, 0.3) is 16.7 Å².